The fourth-order valence-electron chi connectivity index (χ4n) is 11.8. The van der Waals surface area contributed by atoms with Gasteiger partial charge in [-0.2, -0.15) is 0 Å². The van der Waals surface area contributed by atoms with Gasteiger partial charge in [-0.25, -0.2) is 0 Å². The van der Waals surface area contributed by atoms with E-state index in [0.717, 1.165) is 51.4 Å². The first kappa shape index (κ1) is 80.0. The van der Waals surface area contributed by atoms with E-state index in [1.54, 1.807) is 6.08 Å². The second-order valence-electron chi connectivity index (χ2n) is 25.4. The second-order valence-corrected chi connectivity index (χ2v) is 25.4. The molecular formula is C72H133NO13. The standard InChI is InChI=1S/C72H133NO13/c1-3-5-7-9-11-13-15-16-17-18-19-20-21-22-23-24-25-26-27-28-29-30-31-32-33-34-35-36-37-38-39-40-41-42-43-44-46-48-50-52-54-56-64(77)73-60(61(76)55-53-51-49-47-45-14-12-10-8-6-4-2)59-83-71-69(82)67(80)70(63(58-75)85-71)86-72-68(81)66(79)65(78)62(57-74)84-72/h15-16,18-19,21-22,53,55,60-63,65-72,74-76,78-82H,3-14,17,20,23-52,54,56-59H2,1-2H3,(H,73,77)/b16-15-,19-18-,22-21-,55-53+. The third-order valence-corrected chi connectivity index (χ3v) is 17.5. The van der Waals surface area contributed by atoms with Gasteiger partial charge in [0.25, 0.3) is 0 Å². The van der Waals surface area contributed by atoms with Gasteiger partial charge in [0.05, 0.1) is 32.0 Å². The van der Waals surface area contributed by atoms with Crippen molar-refractivity contribution < 1.29 is 64.6 Å². The van der Waals surface area contributed by atoms with E-state index in [0.29, 0.717) is 6.42 Å². The van der Waals surface area contributed by atoms with E-state index in [2.05, 4.69) is 55.6 Å². The Kier molecular flexibility index (Phi) is 53.0. The number of nitrogens with one attached hydrogen (secondary N) is 1. The molecule has 0 bridgehead atoms. The lowest BCUT2D eigenvalue weighted by atomic mass is 9.97. The first-order chi connectivity index (χ1) is 42.1. The summed E-state index contributed by atoms with van der Waals surface area (Å²) in [5.74, 6) is -0.236. The highest BCUT2D eigenvalue weighted by atomic mass is 16.7. The molecule has 12 atom stereocenters. The van der Waals surface area contributed by atoms with Crippen molar-refractivity contribution in [3.63, 3.8) is 0 Å². The van der Waals surface area contributed by atoms with Gasteiger partial charge in [-0.15, -0.1) is 0 Å². The average molecular weight is 1220 g/mol. The Bertz CT molecular complexity index is 1630. The van der Waals surface area contributed by atoms with Gasteiger partial charge in [-0.05, 0) is 57.8 Å². The van der Waals surface area contributed by atoms with Crippen LogP contribution in [-0.2, 0) is 23.7 Å². The van der Waals surface area contributed by atoms with Crippen LogP contribution in [0.5, 0.6) is 0 Å². The van der Waals surface area contributed by atoms with Crippen LogP contribution in [0.1, 0.15) is 309 Å². The van der Waals surface area contributed by atoms with Gasteiger partial charge in [-0.1, -0.05) is 294 Å². The molecule has 0 aliphatic carbocycles. The van der Waals surface area contributed by atoms with Crippen LogP contribution >= 0.6 is 0 Å². The lowest BCUT2D eigenvalue weighted by Gasteiger charge is -2.46. The Morgan fingerprint density at radius 1 is 0.419 bits per heavy atom. The van der Waals surface area contributed by atoms with E-state index in [-0.39, 0.29) is 18.9 Å². The molecule has 12 unspecified atom stereocenters. The fourth-order valence-corrected chi connectivity index (χ4v) is 11.8. The number of ether oxygens (including phenoxy) is 4. The van der Waals surface area contributed by atoms with Crippen molar-refractivity contribution in [2.75, 3.05) is 19.8 Å². The quantitative estimate of drug-likeness (QED) is 0.0204. The van der Waals surface area contributed by atoms with Gasteiger partial charge < -0.3 is 65.1 Å². The number of rotatable bonds is 59. The molecule has 0 spiro atoms. The molecule has 0 aromatic carbocycles. The number of aliphatic hydroxyl groups excluding tert-OH is 8. The third-order valence-electron chi connectivity index (χ3n) is 17.5. The minimum absolute atomic E-state index is 0.236. The number of hydrogen-bond acceptors (Lipinski definition) is 13. The molecular weight excluding hydrogens is 1090 g/mol. The molecule has 1 amide bonds. The molecule has 2 aliphatic rings. The molecule has 9 N–H and O–H groups in total. The number of aliphatic hydroxyl groups is 8. The topological polar surface area (TPSA) is 228 Å². The summed E-state index contributed by atoms with van der Waals surface area (Å²) >= 11 is 0. The number of carbonyl (C=O) groups excluding carboxylic acids is 1. The highest BCUT2D eigenvalue weighted by molar-refractivity contribution is 5.76. The number of amides is 1. The van der Waals surface area contributed by atoms with E-state index in [4.69, 9.17) is 18.9 Å². The molecule has 86 heavy (non-hydrogen) atoms. The molecule has 0 aromatic rings. The molecule has 2 rings (SSSR count). The van der Waals surface area contributed by atoms with E-state index >= 15 is 0 Å². The summed E-state index contributed by atoms with van der Waals surface area (Å²) in [5, 5.41) is 87.1. The molecule has 0 aromatic heterocycles. The zero-order valence-electron chi connectivity index (χ0n) is 54.8. The maximum Gasteiger partial charge on any atom is 0.220 e. The Labute approximate surface area is 524 Å². The Balaban J connectivity index is 1.51. The summed E-state index contributed by atoms with van der Waals surface area (Å²) in [6.07, 6.45) is 57.9. The van der Waals surface area contributed by atoms with E-state index in [1.807, 2.05) is 6.08 Å². The molecule has 14 heteroatoms. The largest absolute Gasteiger partial charge is 0.394 e. The van der Waals surface area contributed by atoms with Crippen LogP contribution in [0.3, 0.4) is 0 Å². The maximum atomic E-state index is 13.3. The van der Waals surface area contributed by atoms with Crippen LogP contribution < -0.4 is 5.32 Å². The van der Waals surface area contributed by atoms with E-state index in [1.165, 1.54) is 231 Å². The first-order valence-corrected chi connectivity index (χ1v) is 35.9. The van der Waals surface area contributed by atoms with Gasteiger partial charge in [-0.3, -0.25) is 4.79 Å². The number of allylic oxidation sites excluding steroid dienone is 7. The predicted octanol–water partition coefficient (Wildman–Crippen LogP) is 14.7. The van der Waals surface area contributed by atoms with Gasteiger partial charge in [0.1, 0.15) is 48.8 Å². The molecule has 2 fully saturated rings. The average Bonchev–Trinajstić information content (AvgIpc) is 1.60. The number of unbranched alkanes of at least 4 members (excludes halogenated alkanes) is 40. The van der Waals surface area contributed by atoms with Crippen molar-refractivity contribution in [3.8, 4) is 0 Å². The molecule has 14 nitrogen and oxygen atoms in total. The van der Waals surface area contributed by atoms with Crippen LogP contribution in [-0.4, -0.2) is 140 Å². The lowest BCUT2D eigenvalue weighted by molar-refractivity contribution is -0.359. The van der Waals surface area contributed by atoms with Crippen molar-refractivity contribution in [2.24, 2.45) is 0 Å². The van der Waals surface area contributed by atoms with Crippen LogP contribution in [0.4, 0.5) is 0 Å². The summed E-state index contributed by atoms with van der Waals surface area (Å²) in [5.41, 5.74) is 0. The predicted molar refractivity (Wildman–Crippen MR) is 351 cm³/mol. The van der Waals surface area contributed by atoms with Crippen molar-refractivity contribution in [3.05, 3.63) is 48.6 Å². The SMILES string of the molecule is CCCCCCC/C=C\C/C=C\C/C=C\CCCCCCCCCCCCCCCCCCCCCCCCCCCCC(=O)NC(COC1OC(CO)C(OC2OC(CO)C(O)C(O)C2O)C(O)C1O)C(O)/C=C/CCCCCCCCCCC. The second kappa shape index (κ2) is 56.9. The zero-order valence-corrected chi connectivity index (χ0v) is 54.8. The van der Waals surface area contributed by atoms with Gasteiger partial charge in [0.15, 0.2) is 12.6 Å². The molecule has 504 valence electrons. The summed E-state index contributed by atoms with van der Waals surface area (Å²) in [6, 6.07) is -0.912. The van der Waals surface area contributed by atoms with E-state index in [9.17, 15) is 45.6 Å². The fraction of sp³-hybridized carbons (Fsp3) is 0.875. The smallest absolute Gasteiger partial charge is 0.220 e. The van der Waals surface area contributed by atoms with E-state index < -0.39 is 86.8 Å². The molecule has 2 aliphatic heterocycles. The molecule has 2 heterocycles. The molecule has 0 radical (unpaired) electrons. The summed E-state index contributed by atoms with van der Waals surface area (Å²) < 4.78 is 22.8. The van der Waals surface area contributed by atoms with Crippen LogP contribution in [0, 0.1) is 0 Å². The van der Waals surface area contributed by atoms with Crippen molar-refractivity contribution >= 4 is 5.91 Å². The highest BCUT2D eigenvalue weighted by Gasteiger charge is 2.51. The van der Waals surface area contributed by atoms with Gasteiger partial charge in [0, 0.05) is 6.42 Å². The highest BCUT2D eigenvalue weighted by Crippen LogP contribution is 2.30. The Morgan fingerprint density at radius 2 is 0.767 bits per heavy atom. The monoisotopic (exact) mass is 1220 g/mol. The Hall–Kier alpha value is -2.05. The van der Waals surface area contributed by atoms with Crippen molar-refractivity contribution in [1.82, 2.24) is 5.32 Å². The first-order valence-electron chi connectivity index (χ1n) is 35.9. The zero-order chi connectivity index (χ0) is 62.3. The van der Waals surface area contributed by atoms with Crippen LogP contribution in [0.25, 0.3) is 0 Å². The maximum absolute atomic E-state index is 13.3. The summed E-state index contributed by atoms with van der Waals surface area (Å²) in [6.45, 7) is 2.79. The van der Waals surface area contributed by atoms with Gasteiger partial charge >= 0.3 is 0 Å². The van der Waals surface area contributed by atoms with Gasteiger partial charge in [0.2, 0.25) is 5.91 Å². The Morgan fingerprint density at radius 3 is 1.17 bits per heavy atom. The molecule has 2 saturated heterocycles. The number of carbonyl (C=O) groups is 1. The van der Waals surface area contributed by atoms with Crippen molar-refractivity contribution in [2.45, 2.75) is 383 Å². The minimum atomic E-state index is -1.79. The summed E-state index contributed by atoms with van der Waals surface area (Å²) in [7, 11) is 0. The number of hydrogen-bond donors (Lipinski definition) is 9. The lowest BCUT2D eigenvalue weighted by Crippen LogP contribution is -2.65. The van der Waals surface area contributed by atoms with Crippen LogP contribution in [0.15, 0.2) is 48.6 Å². The third kappa shape index (κ3) is 40.6. The van der Waals surface area contributed by atoms with Crippen molar-refractivity contribution in [1.29, 1.82) is 0 Å². The molecule has 0 saturated carbocycles. The minimum Gasteiger partial charge on any atom is -0.394 e. The van der Waals surface area contributed by atoms with Crippen LogP contribution in [0.2, 0.25) is 0 Å². The normalized spacial score (nSPS) is 23.7. The summed E-state index contributed by atoms with van der Waals surface area (Å²) in [4.78, 5) is 13.3.